The molecule has 0 amide bonds. The van der Waals surface area contributed by atoms with Crippen molar-refractivity contribution in [3.05, 3.63) is 35.4 Å². The van der Waals surface area contributed by atoms with Crippen molar-refractivity contribution in [2.45, 2.75) is 32.4 Å². The van der Waals surface area contributed by atoms with Gasteiger partial charge in [-0.1, -0.05) is 38.1 Å². The minimum Gasteiger partial charge on any atom is -0.395 e. The van der Waals surface area contributed by atoms with Gasteiger partial charge < -0.3 is 15.5 Å². The Labute approximate surface area is 102 Å². The molecule has 2 rings (SSSR count). The van der Waals surface area contributed by atoms with E-state index in [0.717, 1.165) is 6.42 Å². The largest absolute Gasteiger partial charge is 0.395 e. The molecule has 1 aromatic rings. The quantitative estimate of drug-likeness (QED) is 0.736. The lowest BCUT2D eigenvalue weighted by atomic mass is 9.85. The van der Waals surface area contributed by atoms with Crippen molar-refractivity contribution in [2.24, 2.45) is 5.41 Å². The molecule has 0 radical (unpaired) electrons. The third-order valence-electron chi connectivity index (χ3n) is 3.64. The first kappa shape index (κ1) is 12.6. The van der Waals surface area contributed by atoms with Gasteiger partial charge in [-0.05, 0) is 23.0 Å². The first-order chi connectivity index (χ1) is 8.08. The average molecular weight is 235 g/mol. The molecule has 1 aromatic carbocycles. The number of hydrogen-bond acceptors (Lipinski definition) is 3. The maximum absolute atomic E-state index is 9.18. The lowest BCUT2D eigenvalue weighted by molar-refractivity contribution is 0.139. The molecule has 3 heteroatoms. The van der Waals surface area contributed by atoms with Crippen LogP contribution in [0.25, 0.3) is 0 Å². The molecular weight excluding hydrogens is 214 g/mol. The Bertz CT molecular complexity index is 386. The second kappa shape index (κ2) is 4.77. The summed E-state index contributed by atoms with van der Waals surface area (Å²) < 4.78 is 0. The molecule has 1 unspecified atom stereocenters. The lowest BCUT2D eigenvalue weighted by Crippen LogP contribution is -2.42. The zero-order valence-electron chi connectivity index (χ0n) is 10.5. The minimum absolute atomic E-state index is 0.0365. The number of nitrogens with one attached hydrogen (secondary N) is 1. The van der Waals surface area contributed by atoms with Crippen LogP contribution >= 0.6 is 0 Å². The first-order valence-corrected chi connectivity index (χ1v) is 6.14. The Kier molecular flexibility index (Phi) is 3.52. The number of aliphatic hydroxyl groups excluding tert-OH is 2. The molecule has 1 aliphatic rings. The topological polar surface area (TPSA) is 52.5 Å². The van der Waals surface area contributed by atoms with Crippen LogP contribution in [0.15, 0.2) is 24.3 Å². The molecular formula is C14H21NO2. The van der Waals surface area contributed by atoms with Gasteiger partial charge in [-0.3, -0.25) is 0 Å². The molecule has 0 heterocycles. The third-order valence-corrected chi connectivity index (χ3v) is 3.64. The van der Waals surface area contributed by atoms with Crippen molar-refractivity contribution < 1.29 is 10.2 Å². The molecule has 17 heavy (non-hydrogen) atoms. The van der Waals surface area contributed by atoms with Crippen LogP contribution in [0.1, 0.15) is 31.0 Å². The number of aliphatic hydroxyl groups is 2. The minimum atomic E-state index is -0.245. The summed E-state index contributed by atoms with van der Waals surface area (Å²) in [6.07, 6.45) is 1.03. The summed E-state index contributed by atoms with van der Waals surface area (Å²) in [6, 6.07) is 8.35. The highest BCUT2D eigenvalue weighted by Crippen LogP contribution is 2.45. The zero-order valence-corrected chi connectivity index (χ0v) is 10.5. The fourth-order valence-electron chi connectivity index (χ4n) is 2.70. The summed E-state index contributed by atoms with van der Waals surface area (Å²) in [5, 5.41) is 21.7. The van der Waals surface area contributed by atoms with E-state index in [1.165, 1.54) is 11.1 Å². The number of hydrogen-bond donors (Lipinski definition) is 3. The average Bonchev–Trinajstić information content (AvgIpc) is 2.56. The Morgan fingerprint density at radius 3 is 2.59 bits per heavy atom. The predicted octanol–water partition coefficient (Wildman–Crippen LogP) is 1.25. The van der Waals surface area contributed by atoms with Gasteiger partial charge in [0, 0.05) is 6.04 Å². The van der Waals surface area contributed by atoms with Gasteiger partial charge in [0.25, 0.3) is 0 Å². The van der Waals surface area contributed by atoms with E-state index in [4.69, 9.17) is 0 Å². The highest BCUT2D eigenvalue weighted by Gasteiger charge is 2.39. The summed E-state index contributed by atoms with van der Waals surface area (Å²) in [5.74, 6) is 0. The van der Waals surface area contributed by atoms with Crippen LogP contribution in [0, 0.1) is 5.41 Å². The standard InChI is InChI=1S/C14H21NO2/c1-14(2)7-10-5-3-4-6-12(10)13(14)15-11(8-16)9-17/h3-6,11,13,15-17H,7-9H2,1-2H3. The SMILES string of the molecule is CC1(C)Cc2ccccc2C1NC(CO)CO. The highest BCUT2D eigenvalue weighted by atomic mass is 16.3. The van der Waals surface area contributed by atoms with Crippen LogP contribution in [0.2, 0.25) is 0 Å². The van der Waals surface area contributed by atoms with Gasteiger partial charge in [-0.2, -0.15) is 0 Å². The molecule has 0 aromatic heterocycles. The van der Waals surface area contributed by atoms with E-state index in [-0.39, 0.29) is 30.7 Å². The molecule has 0 bridgehead atoms. The van der Waals surface area contributed by atoms with E-state index < -0.39 is 0 Å². The second-order valence-corrected chi connectivity index (χ2v) is 5.53. The molecule has 3 nitrogen and oxygen atoms in total. The maximum atomic E-state index is 9.18. The zero-order chi connectivity index (χ0) is 12.5. The molecule has 94 valence electrons. The Balaban J connectivity index is 2.25. The molecule has 0 saturated carbocycles. The van der Waals surface area contributed by atoms with Crippen LogP contribution in [-0.4, -0.2) is 29.5 Å². The smallest absolute Gasteiger partial charge is 0.0607 e. The van der Waals surface area contributed by atoms with Crippen molar-refractivity contribution >= 4 is 0 Å². The molecule has 0 saturated heterocycles. The first-order valence-electron chi connectivity index (χ1n) is 6.14. The van der Waals surface area contributed by atoms with E-state index in [1.54, 1.807) is 0 Å². The van der Waals surface area contributed by atoms with Crippen molar-refractivity contribution in [3.8, 4) is 0 Å². The van der Waals surface area contributed by atoms with E-state index >= 15 is 0 Å². The Morgan fingerprint density at radius 1 is 1.29 bits per heavy atom. The maximum Gasteiger partial charge on any atom is 0.0607 e. The van der Waals surface area contributed by atoms with Gasteiger partial charge in [0.15, 0.2) is 0 Å². The van der Waals surface area contributed by atoms with Gasteiger partial charge in [-0.25, -0.2) is 0 Å². The summed E-state index contributed by atoms with van der Waals surface area (Å²) >= 11 is 0. The van der Waals surface area contributed by atoms with Crippen LogP contribution < -0.4 is 5.32 Å². The molecule has 1 aliphatic carbocycles. The van der Waals surface area contributed by atoms with E-state index in [1.807, 2.05) is 6.07 Å². The van der Waals surface area contributed by atoms with Crippen LogP contribution in [0.4, 0.5) is 0 Å². The van der Waals surface area contributed by atoms with Crippen LogP contribution in [-0.2, 0) is 6.42 Å². The van der Waals surface area contributed by atoms with Gasteiger partial charge in [0.05, 0.1) is 19.3 Å². The number of rotatable bonds is 4. The molecule has 1 atom stereocenters. The van der Waals surface area contributed by atoms with Crippen molar-refractivity contribution in [2.75, 3.05) is 13.2 Å². The van der Waals surface area contributed by atoms with Gasteiger partial charge in [-0.15, -0.1) is 0 Å². The summed E-state index contributed by atoms with van der Waals surface area (Å²) in [5.41, 5.74) is 2.78. The molecule has 3 N–H and O–H groups in total. The summed E-state index contributed by atoms with van der Waals surface area (Å²) in [4.78, 5) is 0. The molecule has 0 spiro atoms. The van der Waals surface area contributed by atoms with Crippen LogP contribution in [0.5, 0.6) is 0 Å². The highest BCUT2D eigenvalue weighted by molar-refractivity contribution is 5.37. The monoisotopic (exact) mass is 235 g/mol. The molecule has 0 fully saturated rings. The second-order valence-electron chi connectivity index (χ2n) is 5.53. The van der Waals surface area contributed by atoms with Crippen molar-refractivity contribution in [3.63, 3.8) is 0 Å². The number of fused-ring (bicyclic) bond motifs is 1. The van der Waals surface area contributed by atoms with Gasteiger partial charge in [0.1, 0.15) is 0 Å². The summed E-state index contributed by atoms with van der Waals surface area (Å²) in [6.45, 7) is 4.36. The van der Waals surface area contributed by atoms with Crippen molar-refractivity contribution in [1.82, 2.24) is 5.32 Å². The van der Waals surface area contributed by atoms with Crippen molar-refractivity contribution in [1.29, 1.82) is 0 Å². The van der Waals surface area contributed by atoms with Crippen LogP contribution in [0.3, 0.4) is 0 Å². The third kappa shape index (κ3) is 2.37. The lowest BCUT2D eigenvalue weighted by Gasteiger charge is -2.31. The van der Waals surface area contributed by atoms with E-state index in [9.17, 15) is 10.2 Å². The van der Waals surface area contributed by atoms with E-state index in [0.29, 0.717) is 0 Å². The normalized spacial score (nSPS) is 21.8. The fraction of sp³-hybridized carbons (Fsp3) is 0.571. The predicted molar refractivity (Wildman–Crippen MR) is 67.8 cm³/mol. The summed E-state index contributed by atoms with van der Waals surface area (Å²) in [7, 11) is 0. The van der Waals surface area contributed by atoms with E-state index in [2.05, 4.69) is 37.4 Å². The number of benzene rings is 1. The fourth-order valence-corrected chi connectivity index (χ4v) is 2.70. The molecule has 0 aliphatic heterocycles. The Morgan fingerprint density at radius 2 is 1.94 bits per heavy atom. The Hall–Kier alpha value is -0.900. The van der Waals surface area contributed by atoms with Gasteiger partial charge in [0.2, 0.25) is 0 Å². The van der Waals surface area contributed by atoms with Gasteiger partial charge >= 0.3 is 0 Å².